The zero-order valence-electron chi connectivity index (χ0n) is 16.1. The number of nitrogens with zero attached hydrogens (tertiary/aromatic N) is 3. The number of halogens is 1. The molecule has 1 aromatic carbocycles. The molecule has 1 aliphatic carbocycles. The van der Waals surface area contributed by atoms with Crippen molar-refractivity contribution in [2.24, 2.45) is 5.73 Å². The van der Waals surface area contributed by atoms with Gasteiger partial charge in [0, 0.05) is 30.0 Å². The molecular weight excluding hydrogens is 412 g/mol. The molecule has 2 heterocycles. The third-order valence-corrected chi connectivity index (χ3v) is 6.86. The van der Waals surface area contributed by atoms with Gasteiger partial charge in [-0.25, -0.2) is 23.1 Å². The summed E-state index contributed by atoms with van der Waals surface area (Å²) in [5, 5.41) is 0. The van der Waals surface area contributed by atoms with E-state index in [1.807, 2.05) is 17.4 Å². The minimum absolute atomic E-state index is 0. The molecule has 0 atom stereocenters. The van der Waals surface area contributed by atoms with Gasteiger partial charge in [0.15, 0.2) is 11.5 Å². The summed E-state index contributed by atoms with van der Waals surface area (Å²) in [6.07, 6.45) is 8.24. The van der Waals surface area contributed by atoms with Gasteiger partial charge in [-0.15, -0.1) is 12.4 Å². The Balaban J connectivity index is 0.00000240. The van der Waals surface area contributed by atoms with Gasteiger partial charge in [-0.05, 0) is 50.3 Å². The molecule has 0 aliphatic heterocycles. The van der Waals surface area contributed by atoms with Crippen molar-refractivity contribution in [3.8, 4) is 11.3 Å². The van der Waals surface area contributed by atoms with E-state index in [0.717, 1.165) is 42.5 Å². The largest absolute Gasteiger partial charge is 0.381 e. The number of imidazole rings is 1. The summed E-state index contributed by atoms with van der Waals surface area (Å²) in [6.45, 7) is 1.94. The quantitative estimate of drug-likeness (QED) is 0.575. The number of aryl methyl sites for hydroxylation is 1. The molecule has 1 fully saturated rings. The van der Waals surface area contributed by atoms with E-state index in [4.69, 9.17) is 11.5 Å². The molecule has 4 rings (SSSR count). The SMILES string of the molecule is Cc1ccc(S(=O)(=O)N[C@H]2CC[C@H](N)CC2)cc1-c1cnc2c(N)nccn12.Cl. The molecule has 2 aromatic heterocycles. The number of nitrogens with one attached hydrogen (secondary N) is 1. The van der Waals surface area contributed by atoms with Crippen molar-refractivity contribution in [2.45, 2.75) is 49.6 Å². The Bertz CT molecular complexity index is 1120. The second-order valence-corrected chi connectivity index (χ2v) is 9.07. The van der Waals surface area contributed by atoms with Gasteiger partial charge in [-0.1, -0.05) is 6.07 Å². The molecule has 29 heavy (non-hydrogen) atoms. The van der Waals surface area contributed by atoms with Crippen LogP contribution in [0.5, 0.6) is 0 Å². The van der Waals surface area contributed by atoms with Crippen LogP contribution in [0.15, 0.2) is 41.7 Å². The fourth-order valence-electron chi connectivity index (χ4n) is 3.71. The minimum atomic E-state index is -3.63. The van der Waals surface area contributed by atoms with Gasteiger partial charge in [-0.2, -0.15) is 0 Å². The summed E-state index contributed by atoms with van der Waals surface area (Å²) in [4.78, 5) is 8.61. The highest BCUT2D eigenvalue weighted by Crippen LogP contribution is 2.28. The fourth-order valence-corrected chi connectivity index (χ4v) is 5.04. The van der Waals surface area contributed by atoms with Crippen LogP contribution in [0.4, 0.5) is 5.82 Å². The molecule has 0 bridgehead atoms. The lowest BCUT2D eigenvalue weighted by Crippen LogP contribution is -2.40. The molecule has 0 spiro atoms. The molecule has 10 heteroatoms. The third-order valence-electron chi connectivity index (χ3n) is 5.34. The van der Waals surface area contributed by atoms with Crippen LogP contribution in [0.3, 0.4) is 0 Å². The standard InChI is InChI=1S/C19H24N6O2S.ClH/c1-12-2-7-15(28(26,27)24-14-5-3-13(20)4-6-14)10-16(12)17-11-23-19-18(21)22-8-9-25(17)19;/h2,7-11,13-14,24H,3-6,20H2,1H3,(H2,21,22);1H/t13-,14-;. The van der Waals surface area contributed by atoms with E-state index in [2.05, 4.69) is 14.7 Å². The van der Waals surface area contributed by atoms with Gasteiger partial charge >= 0.3 is 0 Å². The first-order valence-electron chi connectivity index (χ1n) is 9.31. The number of nitrogens with two attached hydrogens (primary N) is 2. The number of fused-ring (bicyclic) bond motifs is 1. The van der Waals surface area contributed by atoms with Gasteiger partial charge in [-0.3, -0.25) is 4.40 Å². The zero-order valence-corrected chi connectivity index (χ0v) is 17.7. The van der Waals surface area contributed by atoms with Gasteiger partial charge in [0.05, 0.1) is 16.8 Å². The molecular formula is C19H25ClN6O2S. The number of rotatable bonds is 4. The Hall–Kier alpha value is -2.20. The number of nitrogen functional groups attached to an aromatic ring is 1. The molecule has 0 radical (unpaired) electrons. The second-order valence-electron chi connectivity index (χ2n) is 7.36. The van der Waals surface area contributed by atoms with E-state index < -0.39 is 10.0 Å². The van der Waals surface area contributed by atoms with Gasteiger partial charge in [0.1, 0.15) is 0 Å². The molecule has 0 amide bonds. The van der Waals surface area contributed by atoms with Gasteiger partial charge in [0.25, 0.3) is 0 Å². The first-order valence-corrected chi connectivity index (χ1v) is 10.8. The number of benzene rings is 1. The van der Waals surface area contributed by atoms with Crippen LogP contribution >= 0.6 is 12.4 Å². The van der Waals surface area contributed by atoms with Crippen LogP contribution in [0.25, 0.3) is 16.9 Å². The first-order chi connectivity index (χ1) is 13.3. The Labute approximate surface area is 176 Å². The number of hydrogen-bond acceptors (Lipinski definition) is 6. The lowest BCUT2D eigenvalue weighted by atomic mass is 9.93. The normalized spacial score (nSPS) is 19.8. The van der Waals surface area contributed by atoms with Gasteiger partial charge in [0.2, 0.25) is 10.0 Å². The van der Waals surface area contributed by atoms with Crippen molar-refractivity contribution >= 4 is 33.9 Å². The highest BCUT2D eigenvalue weighted by Gasteiger charge is 2.25. The van der Waals surface area contributed by atoms with Gasteiger partial charge < -0.3 is 11.5 Å². The Morgan fingerprint density at radius 2 is 1.90 bits per heavy atom. The van der Waals surface area contributed by atoms with Crippen LogP contribution in [0.1, 0.15) is 31.2 Å². The highest BCUT2D eigenvalue weighted by molar-refractivity contribution is 7.89. The topological polar surface area (TPSA) is 128 Å². The monoisotopic (exact) mass is 436 g/mol. The fraction of sp³-hybridized carbons (Fsp3) is 0.368. The number of aromatic nitrogens is 3. The summed E-state index contributed by atoms with van der Waals surface area (Å²) in [7, 11) is -3.63. The average molecular weight is 437 g/mol. The Morgan fingerprint density at radius 3 is 2.62 bits per heavy atom. The smallest absolute Gasteiger partial charge is 0.240 e. The van der Waals surface area contributed by atoms with Crippen molar-refractivity contribution in [3.63, 3.8) is 0 Å². The van der Waals surface area contributed by atoms with Crippen molar-refractivity contribution < 1.29 is 8.42 Å². The molecule has 5 N–H and O–H groups in total. The van der Waals surface area contributed by atoms with E-state index in [-0.39, 0.29) is 29.4 Å². The molecule has 8 nitrogen and oxygen atoms in total. The maximum atomic E-state index is 12.9. The molecule has 1 aliphatic rings. The summed E-state index contributed by atoms with van der Waals surface area (Å²) >= 11 is 0. The van der Waals surface area contributed by atoms with E-state index >= 15 is 0 Å². The molecule has 3 aromatic rings. The van der Waals surface area contributed by atoms with E-state index in [0.29, 0.717) is 11.5 Å². The van der Waals surface area contributed by atoms with E-state index in [1.165, 1.54) is 0 Å². The molecule has 0 saturated heterocycles. The van der Waals surface area contributed by atoms with Crippen molar-refractivity contribution in [2.75, 3.05) is 5.73 Å². The number of anilines is 1. The summed E-state index contributed by atoms with van der Waals surface area (Å²) in [5.41, 5.74) is 14.8. The van der Waals surface area contributed by atoms with Crippen molar-refractivity contribution in [1.82, 2.24) is 19.1 Å². The maximum absolute atomic E-state index is 12.9. The summed E-state index contributed by atoms with van der Waals surface area (Å²) in [5.74, 6) is 0.326. The summed E-state index contributed by atoms with van der Waals surface area (Å²) < 4.78 is 30.5. The lowest BCUT2D eigenvalue weighted by molar-refractivity contribution is 0.373. The average Bonchev–Trinajstić information content (AvgIpc) is 3.09. The first kappa shape index (κ1) is 21.5. The zero-order chi connectivity index (χ0) is 19.9. The van der Waals surface area contributed by atoms with Crippen LogP contribution in [0, 0.1) is 6.92 Å². The van der Waals surface area contributed by atoms with Crippen LogP contribution in [-0.2, 0) is 10.0 Å². The molecule has 1 saturated carbocycles. The predicted octanol–water partition coefficient (Wildman–Crippen LogP) is 2.26. The highest BCUT2D eigenvalue weighted by atomic mass is 35.5. The Morgan fingerprint density at radius 1 is 1.17 bits per heavy atom. The molecule has 0 unspecified atom stereocenters. The van der Waals surface area contributed by atoms with E-state index in [1.54, 1.807) is 30.7 Å². The Kier molecular flexibility index (Phi) is 6.13. The van der Waals surface area contributed by atoms with Crippen LogP contribution < -0.4 is 16.2 Å². The van der Waals surface area contributed by atoms with Crippen LogP contribution in [-0.4, -0.2) is 34.9 Å². The van der Waals surface area contributed by atoms with Crippen LogP contribution in [0.2, 0.25) is 0 Å². The third kappa shape index (κ3) is 4.23. The summed E-state index contributed by atoms with van der Waals surface area (Å²) in [6, 6.07) is 5.23. The maximum Gasteiger partial charge on any atom is 0.240 e. The van der Waals surface area contributed by atoms with Crippen molar-refractivity contribution in [1.29, 1.82) is 0 Å². The number of sulfonamides is 1. The minimum Gasteiger partial charge on any atom is -0.381 e. The van der Waals surface area contributed by atoms with Crippen molar-refractivity contribution in [3.05, 3.63) is 42.4 Å². The predicted molar refractivity (Wildman–Crippen MR) is 115 cm³/mol. The van der Waals surface area contributed by atoms with E-state index in [9.17, 15) is 8.42 Å². The lowest BCUT2D eigenvalue weighted by Gasteiger charge is -2.26. The second kappa shape index (κ2) is 8.27. The molecule has 156 valence electrons. The number of hydrogen-bond donors (Lipinski definition) is 3.